The Morgan fingerprint density at radius 2 is 2.00 bits per heavy atom. The molecule has 2 aromatic rings. The van der Waals surface area contributed by atoms with E-state index in [1.54, 1.807) is 17.7 Å². The van der Waals surface area contributed by atoms with Crippen LogP contribution >= 0.6 is 0 Å². The normalized spacial score (nSPS) is 27.1. The summed E-state index contributed by atoms with van der Waals surface area (Å²) in [6, 6.07) is 0. The van der Waals surface area contributed by atoms with Crippen molar-refractivity contribution >= 4 is 42.7 Å². The number of morpholine rings is 1. The van der Waals surface area contributed by atoms with Gasteiger partial charge in [0.2, 0.25) is 0 Å². The molecule has 4 atom stereocenters. The molecule has 0 spiro atoms. The SMILES string of the molecule is CC1(O)C(OC(=O)CCN2CCOCC2)C(CO[Si](C)(C)C(C)(C)C)OC1n1cc2c3c(ncnc31)NC(=O)C=C2N. The number of carbonyl (C=O) groups excluding carboxylic acids is 2. The highest BCUT2D eigenvalue weighted by Gasteiger charge is 2.57. The Labute approximate surface area is 246 Å². The van der Waals surface area contributed by atoms with E-state index in [-0.39, 0.29) is 23.8 Å². The number of ether oxygens (including phenoxy) is 3. The second kappa shape index (κ2) is 11.3. The highest BCUT2D eigenvalue weighted by atomic mass is 28.4. The third-order valence-corrected chi connectivity index (χ3v) is 13.3. The van der Waals surface area contributed by atoms with Crippen molar-refractivity contribution in [1.29, 1.82) is 0 Å². The van der Waals surface area contributed by atoms with Gasteiger partial charge in [-0.15, -0.1) is 0 Å². The van der Waals surface area contributed by atoms with E-state index < -0.39 is 44.2 Å². The average Bonchev–Trinajstić information content (AvgIpc) is 3.37. The predicted octanol–water partition coefficient (Wildman–Crippen LogP) is 1.99. The molecule has 3 aliphatic rings. The second-order valence-corrected chi connectivity index (χ2v) is 17.7. The molecule has 4 N–H and O–H groups in total. The van der Waals surface area contributed by atoms with Gasteiger partial charge in [0.25, 0.3) is 5.91 Å². The number of nitrogens with zero attached hydrogens (tertiary/aromatic N) is 4. The van der Waals surface area contributed by atoms with Crippen LogP contribution in [0.1, 0.15) is 45.9 Å². The Balaban J connectivity index is 1.45. The van der Waals surface area contributed by atoms with Gasteiger partial charge in [-0.25, -0.2) is 9.97 Å². The minimum absolute atomic E-state index is 0.0568. The van der Waals surface area contributed by atoms with Crippen molar-refractivity contribution in [2.75, 3.05) is 44.8 Å². The number of hydrogen-bond acceptors (Lipinski definition) is 11. The lowest BCUT2D eigenvalue weighted by molar-refractivity contribution is -0.164. The molecular weight excluding hydrogens is 560 g/mol. The maximum Gasteiger partial charge on any atom is 0.307 e. The first-order valence-electron chi connectivity index (χ1n) is 14.3. The van der Waals surface area contributed by atoms with E-state index in [0.717, 1.165) is 13.1 Å². The van der Waals surface area contributed by atoms with Gasteiger partial charge in [-0.1, -0.05) is 20.8 Å². The maximum atomic E-state index is 13.1. The minimum atomic E-state index is -2.21. The van der Waals surface area contributed by atoms with Gasteiger partial charge in [0.1, 0.15) is 29.5 Å². The number of aliphatic hydroxyl groups is 1. The van der Waals surface area contributed by atoms with E-state index in [1.807, 2.05) is 0 Å². The Morgan fingerprint density at radius 1 is 1.29 bits per heavy atom. The Morgan fingerprint density at radius 3 is 2.69 bits per heavy atom. The quantitative estimate of drug-likeness (QED) is 0.299. The van der Waals surface area contributed by atoms with E-state index in [1.165, 1.54) is 12.4 Å². The maximum absolute atomic E-state index is 13.1. The van der Waals surface area contributed by atoms with E-state index in [0.29, 0.717) is 42.2 Å². The summed E-state index contributed by atoms with van der Waals surface area (Å²) in [6.07, 6.45) is 1.67. The first kappa shape index (κ1) is 30.6. The molecule has 14 heteroatoms. The van der Waals surface area contributed by atoms with Crippen LogP contribution < -0.4 is 11.1 Å². The molecule has 230 valence electrons. The molecule has 0 aromatic carbocycles. The van der Waals surface area contributed by atoms with Crippen LogP contribution in [0.5, 0.6) is 0 Å². The summed E-state index contributed by atoms with van der Waals surface area (Å²) in [7, 11) is -2.21. The number of amides is 1. The molecule has 5 rings (SSSR count). The van der Waals surface area contributed by atoms with Crippen LogP contribution in [0.15, 0.2) is 18.6 Å². The first-order chi connectivity index (χ1) is 19.7. The fraction of sp³-hybridized carbons (Fsp3) is 0.643. The Kier molecular flexibility index (Phi) is 8.24. The molecular formula is C28H42N6O7Si. The number of nitrogens with one attached hydrogen (secondary N) is 1. The minimum Gasteiger partial charge on any atom is -0.456 e. The molecule has 13 nitrogen and oxygen atoms in total. The number of hydrogen-bond donors (Lipinski definition) is 3. The number of anilines is 1. The van der Waals surface area contributed by atoms with Crippen molar-refractivity contribution in [3.8, 4) is 0 Å². The average molecular weight is 603 g/mol. The molecule has 1 amide bonds. The van der Waals surface area contributed by atoms with Crippen molar-refractivity contribution in [2.24, 2.45) is 5.73 Å². The summed E-state index contributed by atoms with van der Waals surface area (Å²) in [4.78, 5) is 36.2. The second-order valence-electron chi connectivity index (χ2n) is 12.9. The summed E-state index contributed by atoms with van der Waals surface area (Å²) < 4.78 is 26.0. The van der Waals surface area contributed by atoms with Crippen molar-refractivity contribution in [3.05, 3.63) is 24.2 Å². The lowest BCUT2D eigenvalue weighted by Gasteiger charge is -2.37. The predicted molar refractivity (Wildman–Crippen MR) is 158 cm³/mol. The van der Waals surface area contributed by atoms with Gasteiger partial charge in [0, 0.05) is 43.2 Å². The smallest absolute Gasteiger partial charge is 0.307 e. The molecule has 0 bridgehead atoms. The van der Waals surface area contributed by atoms with Gasteiger partial charge < -0.3 is 39.4 Å². The number of aromatic nitrogens is 3. The van der Waals surface area contributed by atoms with E-state index in [9.17, 15) is 14.7 Å². The highest BCUT2D eigenvalue weighted by Crippen LogP contribution is 2.45. The zero-order chi connectivity index (χ0) is 30.4. The van der Waals surface area contributed by atoms with Crippen LogP contribution in [-0.2, 0) is 28.2 Å². The Bertz CT molecular complexity index is 1380. The summed E-state index contributed by atoms with van der Waals surface area (Å²) in [5, 5.41) is 15.2. The van der Waals surface area contributed by atoms with Crippen LogP contribution in [0.3, 0.4) is 0 Å². The molecule has 5 heterocycles. The largest absolute Gasteiger partial charge is 0.456 e. The van der Waals surface area contributed by atoms with Crippen LogP contribution in [0, 0.1) is 0 Å². The number of rotatable bonds is 8. The van der Waals surface area contributed by atoms with Crippen LogP contribution in [-0.4, -0.2) is 102 Å². The summed E-state index contributed by atoms with van der Waals surface area (Å²) in [6.45, 7) is 15.7. The van der Waals surface area contributed by atoms with E-state index in [4.69, 9.17) is 24.4 Å². The van der Waals surface area contributed by atoms with Gasteiger partial charge >= 0.3 is 5.97 Å². The molecule has 0 saturated carbocycles. The van der Waals surface area contributed by atoms with E-state index in [2.05, 4.69) is 54.0 Å². The molecule has 3 aliphatic heterocycles. The third kappa shape index (κ3) is 5.83. The molecule has 2 aromatic heterocycles. The van der Waals surface area contributed by atoms with Crippen molar-refractivity contribution in [1.82, 2.24) is 19.4 Å². The number of nitrogens with two attached hydrogens (primary N) is 1. The topological polar surface area (TPSA) is 163 Å². The van der Waals surface area contributed by atoms with Crippen molar-refractivity contribution in [2.45, 2.75) is 76.3 Å². The first-order valence-corrected chi connectivity index (χ1v) is 17.3. The van der Waals surface area contributed by atoms with Crippen molar-refractivity contribution in [3.63, 3.8) is 0 Å². The van der Waals surface area contributed by atoms with Crippen molar-refractivity contribution < 1.29 is 33.3 Å². The molecule has 0 aliphatic carbocycles. The fourth-order valence-corrected chi connectivity index (χ4v) is 6.31. The van der Waals surface area contributed by atoms with Crippen LogP contribution in [0.25, 0.3) is 16.7 Å². The van der Waals surface area contributed by atoms with Gasteiger partial charge in [-0.05, 0) is 25.1 Å². The highest BCUT2D eigenvalue weighted by molar-refractivity contribution is 6.74. The summed E-state index contributed by atoms with van der Waals surface area (Å²) >= 11 is 0. The zero-order valence-corrected chi connectivity index (χ0v) is 26.2. The van der Waals surface area contributed by atoms with Gasteiger partial charge in [0.05, 0.1) is 31.6 Å². The molecule has 4 unspecified atom stereocenters. The summed E-state index contributed by atoms with van der Waals surface area (Å²) in [5.41, 5.74) is 5.75. The van der Waals surface area contributed by atoms with Gasteiger partial charge in [-0.3, -0.25) is 14.5 Å². The number of esters is 1. The van der Waals surface area contributed by atoms with Gasteiger partial charge in [0.15, 0.2) is 20.6 Å². The number of carbonyl (C=O) groups is 2. The van der Waals surface area contributed by atoms with E-state index >= 15 is 0 Å². The summed E-state index contributed by atoms with van der Waals surface area (Å²) in [5.74, 6) is -0.524. The molecule has 2 fully saturated rings. The molecule has 42 heavy (non-hydrogen) atoms. The van der Waals surface area contributed by atoms with Crippen LogP contribution in [0.4, 0.5) is 5.82 Å². The van der Waals surface area contributed by atoms with Crippen LogP contribution in [0.2, 0.25) is 18.1 Å². The fourth-order valence-electron chi connectivity index (χ4n) is 5.29. The Hall–Kier alpha value is -2.88. The third-order valence-electron chi connectivity index (χ3n) is 8.83. The lowest BCUT2D eigenvalue weighted by atomic mass is 9.96. The zero-order valence-electron chi connectivity index (χ0n) is 25.2. The molecule has 0 radical (unpaired) electrons. The van der Waals surface area contributed by atoms with Gasteiger partial charge in [-0.2, -0.15) is 0 Å². The standard InChI is InChI=1S/C28H42N6O7Si/c1-27(2,3)42(5,6)39-15-19-23(41-21(36)7-8-33-9-11-38-12-10-33)28(4,37)26(40-19)34-14-17-18(29)13-20(35)32-24-22(17)25(34)31-16-30-24/h13-14,16,19,23,26,37H,7-12,15,29H2,1-6H3,(H,30,31,32,35). The lowest BCUT2D eigenvalue weighted by Crippen LogP contribution is -2.49. The molecule has 2 saturated heterocycles. The monoisotopic (exact) mass is 602 g/mol.